The highest BCUT2D eigenvalue weighted by Gasteiger charge is 2.14. The first-order valence-electron chi connectivity index (χ1n) is 20.0. The number of carbonyl (C=O) groups excluding carboxylic acids is 1. The fourth-order valence-electron chi connectivity index (χ4n) is 6.36. The van der Waals surface area contributed by atoms with E-state index in [0.717, 1.165) is 38.5 Å². The van der Waals surface area contributed by atoms with Gasteiger partial charge in [-0.15, -0.1) is 0 Å². The van der Waals surface area contributed by atoms with Crippen molar-refractivity contribution in [3.8, 4) is 0 Å². The number of hydrogen-bond donors (Lipinski definition) is 1. The maximum Gasteiger partial charge on any atom is 0.306 e. The molecule has 0 aromatic rings. The Labute approximate surface area is 275 Å². The predicted octanol–water partition coefficient (Wildman–Crippen LogP) is 13.7. The molecule has 0 aromatic carbocycles. The zero-order valence-electron chi connectivity index (χ0n) is 30.0. The Morgan fingerprint density at radius 3 is 1.02 bits per heavy atom. The van der Waals surface area contributed by atoms with Gasteiger partial charge in [0.15, 0.2) is 0 Å². The van der Waals surface area contributed by atoms with Crippen molar-refractivity contribution in [1.82, 2.24) is 0 Å². The number of hydrogen-bond acceptors (Lipinski definition) is 3. The Bertz CT molecular complexity index is 590. The van der Waals surface area contributed by atoms with E-state index in [2.05, 4.69) is 13.8 Å². The van der Waals surface area contributed by atoms with E-state index >= 15 is 0 Å². The number of esters is 1. The fraction of sp³-hybridized carbons (Fsp3) is 0.950. The lowest BCUT2D eigenvalue weighted by Crippen LogP contribution is -2.18. The van der Waals surface area contributed by atoms with Gasteiger partial charge in [-0.1, -0.05) is 187 Å². The summed E-state index contributed by atoms with van der Waals surface area (Å²) in [5.74, 6) is -0.785. The molecule has 0 aliphatic carbocycles. The fourth-order valence-corrected chi connectivity index (χ4v) is 6.36. The lowest BCUT2D eigenvalue weighted by atomic mass is 10.0. The van der Waals surface area contributed by atoms with E-state index in [0.29, 0.717) is 12.8 Å². The second-order valence-electron chi connectivity index (χ2n) is 13.8. The summed E-state index contributed by atoms with van der Waals surface area (Å²) in [6, 6.07) is 0. The summed E-state index contributed by atoms with van der Waals surface area (Å²) in [4.78, 5) is 23.4. The second-order valence-corrected chi connectivity index (χ2v) is 13.8. The molecule has 0 saturated carbocycles. The number of aliphatic carboxylic acids is 1. The third kappa shape index (κ3) is 35.4. The summed E-state index contributed by atoms with van der Waals surface area (Å²) in [5, 5.41) is 8.95. The zero-order valence-corrected chi connectivity index (χ0v) is 30.0. The molecule has 1 N–H and O–H groups in total. The minimum Gasteiger partial charge on any atom is -0.481 e. The van der Waals surface area contributed by atoms with Gasteiger partial charge in [0.1, 0.15) is 6.10 Å². The molecule has 0 bridgehead atoms. The minimum atomic E-state index is -0.737. The molecule has 1 unspecified atom stereocenters. The summed E-state index contributed by atoms with van der Waals surface area (Å²) < 4.78 is 5.90. The molecule has 0 aliphatic rings. The van der Waals surface area contributed by atoms with Gasteiger partial charge < -0.3 is 9.84 Å². The molecule has 0 rings (SSSR count). The van der Waals surface area contributed by atoms with Crippen molar-refractivity contribution in [1.29, 1.82) is 0 Å². The molecule has 0 spiro atoms. The first-order valence-corrected chi connectivity index (χ1v) is 20.0. The molecule has 0 saturated heterocycles. The molecule has 0 radical (unpaired) electrons. The summed E-state index contributed by atoms with van der Waals surface area (Å²) in [5.41, 5.74) is 0. The van der Waals surface area contributed by atoms with Gasteiger partial charge >= 0.3 is 11.9 Å². The SMILES string of the molecule is CCCCCCCCCCCCCCCCCC(=O)OC(CCCCCCCCCCCCCCCC)CCCCC(=O)O. The molecule has 4 heteroatoms. The molecule has 0 amide bonds. The highest BCUT2D eigenvalue weighted by atomic mass is 16.5. The van der Waals surface area contributed by atoms with E-state index < -0.39 is 5.97 Å². The second kappa shape index (κ2) is 36.4. The molecule has 0 aromatic heterocycles. The normalized spacial score (nSPS) is 12.0. The lowest BCUT2D eigenvalue weighted by molar-refractivity contribution is -0.150. The minimum absolute atomic E-state index is 0.0371. The van der Waals surface area contributed by atoms with Crippen molar-refractivity contribution in [2.24, 2.45) is 0 Å². The first kappa shape index (κ1) is 42.9. The van der Waals surface area contributed by atoms with Gasteiger partial charge in [0.25, 0.3) is 0 Å². The Morgan fingerprint density at radius 2 is 0.682 bits per heavy atom. The van der Waals surface area contributed by atoms with Crippen LogP contribution < -0.4 is 0 Å². The van der Waals surface area contributed by atoms with Crippen LogP contribution in [-0.2, 0) is 14.3 Å². The Balaban J connectivity index is 3.83. The topological polar surface area (TPSA) is 63.6 Å². The van der Waals surface area contributed by atoms with Crippen LogP contribution in [0.3, 0.4) is 0 Å². The van der Waals surface area contributed by atoms with Crippen molar-refractivity contribution in [3.63, 3.8) is 0 Å². The zero-order chi connectivity index (χ0) is 32.2. The van der Waals surface area contributed by atoms with Crippen LogP contribution in [0.1, 0.15) is 239 Å². The van der Waals surface area contributed by atoms with E-state index in [1.807, 2.05) is 0 Å². The summed E-state index contributed by atoms with van der Waals surface area (Å²) in [6.45, 7) is 4.56. The quantitative estimate of drug-likeness (QED) is 0.0553. The Kier molecular flexibility index (Phi) is 35.5. The van der Waals surface area contributed by atoms with Crippen LogP contribution in [0, 0.1) is 0 Å². The molecule has 1 atom stereocenters. The van der Waals surface area contributed by atoms with E-state index in [1.54, 1.807) is 0 Å². The van der Waals surface area contributed by atoms with Crippen molar-refractivity contribution in [3.05, 3.63) is 0 Å². The molecular formula is C40H78O4. The smallest absolute Gasteiger partial charge is 0.306 e. The first-order chi connectivity index (χ1) is 21.6. The van der Waals surface area contributed by atoms with Gasteiger partial charge in [-0.05, 0) is 38.5 Å². The molecular weight excluding hydrogens is 544 g/mol. The van der Waals surface area contributed by atoms with E-state index in [1.165, 1.54) is 167 Å². The third-order valence-corrected chi connectivity index (χ3v) is 9.33. The van der Waals surface area contributed by atoms with E-state index in [4.69, 9.17) is 9.84 Å². The van der Waals surface area contributed by atoms with Gasteiger partial charge in [0.05, 0.1) is 0 Å². The molecule has 44 heavy (non-hydrogen) atoms. The Hall–Kier alpha value is -1.06. The number of ether oxygens (including phenoxy) is 1. The monoisotopic (exact) mass is 623 g/mol. The van der Waals surface area contributed by atoms with Gasteiger partial charge in [0.2, 0.25) is 0 Å². The maximum atomic E-state index is 12.6. The molecule has 0 aliphatic heterocycles. The summed E-state index contributed by atoms with van der Waals surface area (Å²) in [7, 11) is 0. The van der Waals surface area contributed by atoms with Crippen molar-refractivity contribution in [2.45, 2.75) is 245 Å². The van der Waals surface area contributed by atoms with Crippen LogP contribution in [0.15, 0.2) is 0 Å². The average Bonchev–Trinajstić information content (AvgIpc) is 3.01. The van der Waals surface area contributed by atoms with Crippen molar-refractivity contribution >= 4 is 11.9 Å². The van der Waals surface area contributed by atoms with Crippen LogP contribution in [0.5, 0.6) is 0 Å². The van der Waals surface area contributed by atoms with Crippen LogP contribution >= 0.6 is 0 Å². The molecule has 4 nitrogen and oxygen atoms in total. The summed E-state index contributed by atoms with van der Waals surface area (Å²) in [6.07, 6.45) is 42.6. The van der Waals surface area contributed by atoms with E-state index in [9.17, 15) is 9.59 Å². The number of rotatable bonds is 37. The largest absolute Gasteiger partial charge is 0.481 e. The average molecular weight is 623 g/mol. The van der Waals surface area contributed by atoms with Crippen LogP contribution in [0.25, 0.3) is 0 Å². The predicted molar refractivity (Wildman–Crippen MR) is 190 cm³/mol. The number of carbonyl (C=O) groups is 2. The van der Waals surface area contributed by atoms with Crippen LogP contribution in [0.2, 0.25) is 0 Å². The molecule has 262 valence electrons. The lowest BCUT2D eigenvalue weighted by Gasteiger charge is -2.18. The van der Waals surface area contributed by atoms with Crippen LogP contribution in [0.4, 0.5) is 0 Å². The number of unbranched alkanes of at least 4 members (excludes halogenated alkanes) is 28. The number of carboxylic acids is 1. The van der Waals surface area contributed by atoms with Crippen molar-refractivity contribution in [2.75, 3.05) is 0 Å². The van der Waals surface area contributed by atoms with Crippen molar-refractivity contribution < 1.29 is 19.4 Å². The molecule has 0 heterocycles. The maximum absolute atomic E-state index is 12.6. The number of carboxylic acid groups (broad SMARTS) is 1. The van der Waals surface area contributed by atoms with Gasteiger partial charge in [-0.2, -0.15) is 0 Å². The van der Waals surface area contributed by atoms with Gasteiger partial charge in [0, 0.05) is 12.8 Å². The van der Waals surface area contributed by atoms with Gasteiger partial charge in [-0.25, -0.2) is 0 Å². The van der Waals surface area contributed by atoms with E-state index in [-0.39, 0.29) is 18.5 Å². The highest BCUT2D eigenvalue weighted by molar-refractivity contribution is 5.69. The summed E-state index contributed by atoms with van der Waals surface area (Å²) >= 11 is 0. The highest BCUT2D eigenvalue weighted by Crippen LogP contribution is 2.19. The molecule has 0 fully saturated rings. The Morgan fingerprint density at radius 1 is 0.409 bits per heavy atom. The standard InChI is InChI=1S/C40H78O4/c1-3-5-7-9-11-13-15-17-19-21-23-25-27-29-31-37-40(43)44-38(35-32-33-36-39(41)42)34-30-28-26-24-22-20-18-16-14-12-10-8-6-4-2/h38H,3-37H2,1-2H3,(H,41,42). The van der Waals surface area contributed by atoms with Gasteiger partial charge in [-0.3, -0.25) is 9.59 Å². The van der Waals surface area contributed by atoms with Crippen LogP contribution in [-0.4, -0.2) is 23.1 Å². The third-order valence-electron chi connectivity index (χ3n) is 9.33.